The third-order valence-corrected chi connectivity index (χ3v) is 2.56. The van der Waals surface area contributed by atoms with Gasteiger partial charge in [0.2, 0.25) is 5.91 Å². The lowest BCUT2D eigenvalue weighted by Crippen LogP contribution is -2.52. The number of amides is 1. The van der Waals surface area contributed by atoms with Gasteiger partial charge < -0.3 is 16.8 Å². The van der Waals surface area contributed by atoms with Gasteiger partial charge in [-0.15, -0.1) is 0 Å². The van der Waals surface area contributed by atoms with Crippen LogP contribution in [0.15, 0.2) is 0 Å². The lowest BCUT2D eigenvalue weighted by Gasteiger charge is -2.29. The van der Waals surface area contributed by atoms with Crippen LogP contribution in [-0.2, 0) is 4.79 Å². The van der Waals surface area contributed by atoms with E-state index in [1.165, 1.54) is 6.42 Å². The summed E-state index contributed by atoms with van der Waals surface area (Å²) >= 11 is 0. The monoisotopic (exact) mass is 185 g/mol. The van der Waals surface area contributed by atoms with Gasteiger partial charge in [0.15, 0.2) is 0 Å². The zero-order chi connectivity index (χ0) is 9.84. The van der Waals surface area contributed by atoms with Crippen molar-refractivity contribution >= 4 is 5.91 Å². The summed E-state index contributed by atoms with van der Waals surface area (Å²) in [5, 5.41) is 2.88. The van der Waals surface area contributed by atoms with E-state index >= 15 is 0 Å². The van der Waals surface area contributed by atoms with Gasteiger partial charge in [-0.1, -0.05) is 12.8 Å². The van der Waals surface area contributed by atoms with Crippen molar-refractivity contribution in [3.63, 3.8) is 0 Å². The molecule has 0 spiro atoms. The molecule has 1 aliphatic carbocycles. The van der Waals surface area contributed by atoms with Crippen LogP contribution in [0.3, 0.4) is 0 Å². The Morgan fingerprint density at radius 3 is 2.62 bits per heavy atom. The van der Waals surface area contributed by atoms with Gasteiger partial charge in [-0.05, 0) is 19.8 Å². The van der Waals surface area contributed by atoms with Crippen molar-refractivity contribution in [1.29, 1.82) is 0 Å². The summed E-state index contributed by atoms with van der Waals surface area (Å²) < 4.78 is 0. The van der Waals surface area contributed by atoms with Crippen LogP contribution >= 0.6 is 0 Å². The summed E-state index contributed by atoms with van der Waals surface area (Å²) in [6.07, 6.45) is 4.31. The Morgan fingerprint density at radius 1 is 1.46 bits per heavy atom. The number of rotatable bonds is 2. The Labute approximate surface area is 79.0 Å². The molecule has 0 saturated heterocycles. The molecule has 1 saturated carbocycles. The van der Waals surface area contributed by atoms with Crippen molar-refractivity contribution in [1.82, 2.24) is 5.32 Å². The molecule has 0 aromatic carbocycles. The van der Waals surface area contributed by atoms with Gasteiger partial charge in [0.05, 0.1) is 6.04 Å². The molecule has 0 aliphatic heterocycles. The van der Waals surface area contributed by atoms with Gasteiger partial charge in [0, 0.05) is 12.1 Å². The van der Waals surface area contributed by atoms with E-state index in [1.807, 2.05) is 0 Å². The highest BCUT2D eigenvalue weighted by Gasteiger charge is 2.23. The van der Waals surface area contributed by atoms with Crippen molar-refractivity contribution in [2.24, 2.45) is 11.5 Å². The minimum atomic E-state index is -0.436. The molecule has 1 rings (SSSR count). The molecule has 0 bridgehead atoms. The molecule has 1 fully saturated rings. The van der Waals surface area contributed by atoms with E-state index in [2.05, 4.69) is 5.32 Å². The van der Waals surface area contributed by atoms with Crippen molar-refractivity contribution in [2.75, 3.05) is 0 Å². The Hall–Kier alpha value is -0.610. The fraction of sp³-hybridized carbons (Fsp3) is 0.889. The zero-order valence-corrected chi connectivity index (χ0v) is 8.12. The highest BCUT2D eigenvalue weighted by molar-refractivity contribution is 5.81. The Morgan fingerprint density at radius 2 is 2.08 bits per heavy atom. The molecular formula is C9H19N3O. The molecule has 0 radical (unpaired) electrons. The second-order valence-electron chi connectivity index (χ2n) is 3.85. The van der Waals surface area contributed by atoms with E-state index in [0.717, 1.165) is 19.3 Å². The van der Waals surface area contributed by atoms with Gasteiger partial charge in [0.1, 0.15) is 0 Å². The Balaban J connectivity index is 2.38. The molecule has 0 heterocycles. The van der Waals surface area contributed by atoms with Crippen molar-refractivity contribution in [3.8, 4) is 0 Å². The molecule has 1 aliphatic rings. The van der Waals surface area contributed by atoms with Crippen LogP contribution < -0.4 is 16.8 Å². The summed E-state index contributed by atoms with van der Waals surface area (Å²) in [5.41, 5.74) is 11.3. The van der Waals surface area contributed by atoms with E-state index in [1.54, 1.807) is 6.92 Å². The van der Waals surface area contributed by atoms with Crippen LogP contribution in [0.4, 0.5) is 0 Å². The van der Waals surface area contributed by atoms with Crippen LogP contribution in [-0.4, -0.2) is 24.0 Å². The number of carbonyl (C=O) groups is 1. The molecule has 13 heavy (non-hydrogen) atoms. The standard InChI is InChI=1S/C9H19N3O/c1-6(10)9(13)12-8-5-3-2-4-7(8)11/h6-8H,2-5,10-11H2,1H3,(H,12,13). The molecule has 1 amide bonds. The van der Waals surface area contributed by atoms with Gasteiger partial charge in [-0.3, -0.25) is 4.79 Å². The van der Waals surface area contributed by atoms with Crippen LogP contribution in [0.2, 0.25) is 0 Å². The zero-order valence-electron chi connectivity index (χ0n) is 8.12. The Kier molecular flexibility index (Phi) is 3.69. The maximum absolute atomic E-state index is 11.3. The number of hydrogen-bond acceptors (Lipinski definition) is 3. The third-order valence-electron chi connectivity index (χ3n) is 2.56. The van der Waals surface area contributed by atoms with Gasteiger partial charge >= 0.3 is 0 Å². The van der Waals surface area contributed by atoms with Crippen LogP contribution in [0.5, 0.6) is 0 Å². The van der Waals surface area contributed by atoms with Crippen LogP contribution in [0.1, 0.15) is 32.6 Å². The van der Waals surface area contributed by atoms with E-state index in [4.69, 9.17) is 11.5 Å². The summed E-state index contributed by atoms with van der Waals surface area (Å²) in [6.45, 7) is 1.68. The highest BCUT2D eigenvalue weighted by Crippen LogP contribution is 2.16. The molecule has 3 atom stereocenters. The molecule has 3 unspecified atom stereocenters. The van der Waals surface area contributed by atoms with Gasteiger partial charge in [-0.2, -0.15) is 0 Å². The second kappa shape index (κ2) is 4.58. The molecule has 0 aromatic rings. The fourth-order valence-electron chi connectivity index (χ4n) is 1.65. The smallest absolute Gasteiger partial charge is 0.236 e. The number of carbonyl (C=O) groups excluding carboxylic acids is 1. The SMILES string of the molecule is CC(N)C(=O)NC1CCCCC1N. The first-order chi connectivity index (χ1) is 6.11. The van der Waals surface area contributed by atoms with Crippen molar-refractivity contribution in [2.45, 2.75) is 50.7 Å². The molecule has 76 valence electrons. The summed E-state index contributed by atoms with van der Waals surface area (Å²) in [4.78, 5) is 11.3. The first-order valence-corrected chi connectivity index (χ1v) is 4.93. The minimum absolute atomic E-state index is 0.0950. The summed E-state index contributed by atoms with van der Waals surface area (Å²) in [7, 11) is 0. The second-order valence-corrected chi connectivity index (χ2v) is 3.85. The Bertz CT molecular complexity index is 182. The van der Waals surface area contributed by atoms with Crippen LogP contribution in [0, 0.1) is 0 Å². The molecule has 4 nitrogen and oxygen atoms in total. The van der Waals surface area contributed by atoms with Gasteiger partial charge in [-0.25, -0.2) is 0 Å². The van der Waals surface area contributed by atoms with Crippen LogP contribution in [0.25, 0.3) is 0 Å². The average Bonchev–Trinajstić information content (AvgIpc) is 2.08. The van der Waals surface area contributed by atoms with E-state index in [9.17, 15) is 4.79 Å². The number of nitrogens with two attached hydrogens (primary N) is 2. The number of nitrogens with one attached hydrogen (secondary N) is 1. The molecule has 5 N–H and O–H groups in total. The average molecular weight is 185 g/mol. The number of hydrogen-bond donors (Lipinski definition) is 3. The normalized spacial score (nSPS) is 31.0. The lowest BCUT2D eigenvalue weighted by atomic mass is 9.91. The van der Waals surface area contributed by atoms with Gasteiger partial charge in [0.25, 0.3) is 0 Å². The predicted octanol–water partition coefficient (Wildman–Crippen LogP) is -0.280. The van der Waals surface area contributed by atoms with E-state index in [-0.39, 0.29) is 18.0 Å². The largest absolute Gasteiger partial charge is 0.350 e. The van der Waals surface area contributed by atoms with Crippen molar-refractivity contribution < 1.29 is 4.79 Å². The third kappa shape index (κ3) is 2.97. The fourth-order valence-corrected chi connectivity index (χ4v) is 1.65. The predicted molar refractivity (Wildman–Crippen MR) is 52.0 cm³/mol. The lowest BCUT2D eigenvalue weighted by molar-refractivity contribution is -0.123. The maximum Gasteiger partial charge on any atom is 0.236 e. The van der Waals surface area contributed by atoms with Crippen molar-refractivity contribution in [3.05, 3.63) is 0 Å². The first-order valence-electron chi connectivity index (χ1n) is 4.93. The molecule has 0 aromatic heterocycles. The summed E-state index contributed by atoms with van der Waals surface area (Å²) in [6, 6.07) is -0.196. The topological polar surface area (TPSA) is 81.1 Å². The molecule has 4 heteroatoms. The minimum Gasteiger partial charge on any atom is -0.350 e. The maximum atomic E-state index is 11.3. The quantitative estimate of drug-likeness (QED) is 0.553. The summed E-state index contributed by atoms with van der Waals surface area (Å²) in [5.74, 6) is -0.0950. The van der Waals surface area contributed by atoms with E-state index < -0.39 is 6.04 Å². The molecular weight excluding hydrogens is 166 g/mol. The highest BCUT2D eigenvalue weighted by atomic mass is 16.2. The first kappa shape index (κ1) is 10.5. The van der Waals surface area contributed by atoms with E-state index in [0.29, 0.717) is 0 Å².